The van der Waals surface area contributed by atoms with E-state index in [2.05, 4.69) is 37.2 Å². The van der Waals surface area contributed by atoms with E-state index in [1.165, 1.54) is 24.3 Å². The predicted octanol–water partition coefficient (Wildman–Crippen LogP) is 4.51. The molecule has 0 aliphatic rings. The number of nitro groups is 1. The van der Waals surface area contributed by atoms with Crippen LogP contribution in [0, 0.1) is 15.9 Å². The summed E-state index contributed by atoms with van der Waals surface area (Å²) in [4.78, 5) is 22.2. The number of rotatable bonds is 3. The highest BCUT2D eigenvalue weighted by Crippen LogP contribution is 2.23. The largest absolute Gasteiger partial charge is 0.319 e. The van der Waals surface area contributed by atoms with Gasteiger partial charge < -0.3 is 5.32 Å². The maximum atomic E-state index is 13.7. The third kappa shape index (κ3) is 3.85. The molecule has 0 spiro atoms. The van der Waals surface area contributed by atoms with Crippen LogP contribution in [0.25, 0.3) is 0 Å². The van der Waals surface area contributed by atoms with Gasteiger partial charge >= 0.3 is 0 Å². The number of halogens is 3. The van der Waals surface area contributed by atoms with E-state index in [4.69, 9.17) is 0 Å². The van der Waals surface area contributed by atoms with Gasteiger partial charge in [0.2, 0.25) is 0 Å². The summed E-state index contributed by atoms with van der Waals surface area (Å²) in [5.74, 6) is -1.25. The van der Waals surface area contributed by atoms with Gasteiger partial charge in [0.15, 0.2) is 0 Å². The molecule has 0 radical (unpaired) electrons. The molecule has 0 saturated heterocycles. The van der Waals surface area contributed by atoms with Gasteiger partial charge in [-0.1, -0.05) is 31.9 Å². The van der Waals surface area contributed by atoms with Crippen molar-refractivity contribution < 1.29 is 14.1 Å². The number of amides is 1. The maximum Gasteiger partial charge on any atom is 0.271 e. The van der Waals surface area contributed by atoms with Crippen LogP contribution < -0.4 is 5.32 Å². The van der Waals surface area contributed by atoms with Crippen LogP contribution in [0.2, 0.25) is 0 Å². The van der Waals surface area contributed by atoms with E-state index in [9.17, 15) is 19.3 Å². The molecule has 0 atom stereocenters. The minimum atomic E-state index is -0.638. The molecule has 0 unspecified atom stereocenters. The van der Waals surface area contributed by atoms with Crippen molar-refractivity contribution in [1.82, 2.24) is 0 Å². The highest BCUT2D eigenvalue weighted by atomic mass is 79.9. The first-order valence-corrected chi connectivity index (χ1v) is 7.17. The first kappa shape index (κ1) is 15.6. The minimum Gasteiger partial charge on any atom is -0.319 e. The maximum absolute atomic E-state index is 13.7. The summed E-state index contributed by atoms with van der Waals surface area (Å²) in [5.41, 5.74) is -0.185. The van der Waals surface area contributed by atoms with Gasteiger partial charge in [-0.2, -0.15) is 0 Å². The molecule has 2 aromatic carbocycles. The zero-order chi connectivity index (χ0) is 15.6. The number of nitrogens with one attached hydrogen (secondary N) is 1. The smallest absolute Gasteiger partial charge is 0.271 e. The van der Waals surface area contributed by atoms with Crippen molar-refractivity contribution in [3.05, 3.63) is 66.8 Å². The second kappa shape index (κ2) is 6.31. The van der Waals surface area contributed by atoms with Crippen molar-refractivity contribution in [1.29, 1.82) is 0 Å². The van der Waals surface area contributed by atoms with Gasteiger partial charge in [-0.3, -0.25) is 14.9 Å². The quantitative estimate of drug-likeness (QED) is 0.589. The fourth-order valence-electron chi connectivity index (χ4n) is 1.60. The zero-order valence-electron chi connectivity index (χ0n) is 10.3. The van der Waals surface area contributed by atoms with Gasteiger partial charge in [0, 0.05) is 26.6 Å². The van der Waals surface area contributed by atoms with Gasteiger partial charge in [-0.25, -0.2) is 4.39 Å². The van der Waals surface area contributed by atoms with Gasteiger partial charge in [0.05, 0.1) is 10.6 Å². The number of benzene rings is 2. The Bertz CT molecular complexity index is 737. The van der Waals surface area contributed by atoms with E-state index in [1.807, 2.05) is 0 Å². The Balaban J connectivity index is 2.30. The first-order valence-electron chi connectivity index (χ1n) is 5.58. The van der Waals surface area contributed by atoms with Crippen LogP contribution in [0.3, 0.4) is 0 Å². The lowest BCUT2D eigenvalue weighted by Crippen LogP contribution is -2.13. The van der Waals surface area contributed by atoms with Crippen LogP contribution in [0.1, 0.15) is 10.4 Å². The summed E-state index contributed by atoms with van der Waals surface area (Å²) in [5, 5.41) is 13.1. The average molecular weight is 418 g/mol. The molecular formula is C13H7Br2FN2O3. The third-order valence-corrected chi connectivity index (χ3v) is 3.49. The summed E-state index contributed by atoms with van der Waals surface area (Å²) in [6.07, 6.45) is 0. The molecule has 0 bridgehead atoms. The highest BCUT2D eigenvalue weighted by molar-refractivity contribution is 9.10. The van der Waals surface area contributed by atoms with E-state index >= 15 is 0 Å². The Morgan fingerprint density at radius 3 is 2.48 bits per heavy atom. The molecule has 0 aliphatic carbocycles. The van der Waals surface area contributed by atoms with Crippen LogP contribution in [-0.2, 0) is 0 Å². The molecule has 8 heteroatoms. The molecule has 5 nitrogen and oxygen atoms in total. The fourth-order valence-corrected chi connectivity index (χ4v) is 2.41. The van der Waals surface area contributed by atoms with E-state index in [0.29, 0.717) is 8.95 Å². The summed E-state index contributed by atoms with van der Waals surface area (Å²) >= 11 is 6.20. The lowest BCUT2D eigenvalue weighted by molar-refractivity contribution is -0.384. The second-order valence-electron chi connectivity index (χ2n) is 4.03. The van der Waals surface area contributed by atoms with Gasteiger partial charge in [-0.15, -0.1) is 0 Å². The summed E-state index contributed by atoms with van der Waals surface area (Å²) in [6.45, 7) is 0. The molecule has 0 saturated carbocycles. The molecule has 2 aromatic rings. The fraction of sp³-hybridized carbons (Fsp3) is 0. The monoisotopic (exact) mass is 416 g/mol. The Morgan fingerprint density at radius 2 is 1.86 bits per heavy atom. The summed E-state index contributed by atoms with van der Waals surface area (Å²) in [7, 11) is 0. The Morgan fingerprint density at radius 1 is 1.14 bits per heavy atom. The third-order valence-electron chi connectivity index (χ3n) is 2.53. The Kier molecular flexibility index (Phi) is 4.69. The van der Waals surface area contributed by atoms with E-state index in [-0.39, 0.29) is 16.9 Å². The van der Waals surface area contributed by atoms with Crippen LogP contribution in [0.5, 0.6) is 0 Å². The number of nitro benzene ring substituents is 1. The number of carbonyl (C=O) groups excluding carboxylic acids is 1. The average Bonchev–Trinajstić information content (AvgIpc) is 2.41. The van der Waals surface area contributed by atoms with Gasteiger partial charge in [0.25, 0.3) is 11.6 Å². The number of hydrogen-bond donors (Lipinski definition) is 1. The number of nitrogens with zero attached hydrogens (tertiary/aromatic N) is 1. The number of carbonyl (C=O) groups is 1. The van der Waals surface area contributed by atoms with Crippen LogP contribution in [0.4, 0.5) is 15.8 Å². The molecule has 0 aromatic heterocycles. The van der Waals surface area contributed by atoms with Crippen molar-refractivity contribution in [3.8, 4) is 0 Å². The standard InChI is InChI=1S/C13H7Br2FN2O3/c14-8-1-2-12(11(16)6-8)17-13(19)7-3-9(15)5-10(4-7)18(20)21/h1-6H,(H,17,19). The molecule has 0 heterocycles. The van der Waals surface area contributed by atoms with E-state index in [1.54, 1.807) is 6.07 Å². The summed E-state index contributed by atoms with van der Waals surface area (Å²) < 4.78 is 14.6. The van der Waals surface area contributed by atoms with Crippen LogP contribution in [0.15, 0.2) is 45.3 Å². The number of anilines is 1. The topological polar surface area (TPSA) is 72.2 Å². The van der Waals surface area contributed by atoms with Crippen LogP contribution in [-0.4, -0.2) is 10.8 Å². The lowest BCUT2D eigenvalue weighted by atomic mass is 10.2. The number of non-ortho nitro benzene ring substituents is 1. The second-order valence-corrected chi connectivity index (χ2v) is 5.86. The normalized spacial score (nSPS) is 10.2. The number of hydrogen-bond acceptors (Lipinski definition) is 3. The van der Waals surface area contributed by atoms with Crippen molar-refractivity contribution in [2.45, 2.75) is 0 Å². The molecular weight excluding hydrogens is 411 g/mol. The molecule has 0 fully saturated rings. The van der Waals surface area contributed by atoms with Crippen molar-refractivity contribution in [2.24, 2.45) is 0 Å². The Labute approximate surface area is 135 Å². The van der Waals surface area contributed by atoms with Crippen molar-refractivity contribution in [2.75, 3.05) is 5.32 Å². The van der Waals surface area contributed by atoms with Gasteiger partial charge in [-0.05, 0) is 24.3 Å². The van der Waals surface area contributed by atoms with Crippen molar-refractivity contribution >= 4 is 49.1 Å². The lowest BCUT2D eigenvalue weighted by Gasteiger charge is -2.07. The molecule has 1 amide bonds. The molecule has 1 N–H and O–H groups in total. The highest BCUT2D eigenvalue weighted by Gasteiger charge is 2.15. The molecule has 0 aliphatic heterocycles. The van der Waals surface area contributed by atoms with E-state index < -0.39 is 16.6 Å². The molecule has 21 heavy (non-hydrogen) atoms. The predicted molar refractivity (Wildman–Crippen MR) is 82.8 cm³/mol. The molecule has 2 rings (SSSR count). The SMILES string of the molecule is O=C(Nc1ccc(Br)cc1F)c1cc(Br)cc([N+](=O)[O-])c1. The first-order chi connectivity index (χ1) is 9.86. The minimum absolute atomic E-state index is 0.00849. The zero-order valence-corrected chi connectivity index (χ0v) is 13.4. The summed E-state index contributed by atoms with van der Waals surface area (Å²) in [6, 6.07) is 7.98. The Hall–Kier alpha value is -1.80. The van der Waals surface area contributed by atoms with Crippen molar-refractivity contribution in [3.63, 3.8) is 0 Å². The van der Waals surface area contributed by atoms with Gasteiger partial charge in [0.1, 0.15) is 5.82 Å². The molecule has 108 valence electrons. The van der Waals surface area contributed by atoms with E-state index in [0.717, 1.165) is 6.07 Å². The van der Waals surface area contributed by atoms with Crippen LogP contribution >= 0.6 is 31.9 Å².